The Bertz CT molecular complexity index is 1160. The van der Waals surface area contributed by atoms with Crippen LogP contribution in [0.4, 0.5) is 5.00 Å². The van der Waals surface area contributed by atoms with Gasteiger partial charge in [0.2, 0.25) is 5.91 Å². The minimum absolute atomic E-state index is 0.119. The number of anilines is 1. The molecular weight excluding hydrogens is 470 g/mol. The van der Waals surface area contributed by atoms with E-state index < -0.39 is 0 Å². The molecule has 1 aliphatic carbocycles. The number of fused-ring (bicyclic) bond motifs is 1. The van der Waals surface area contributed by atoms with Crippen molar-refractivity contribution in [2.45, 2.75) is 65.1 Å². The maximum absolute atomic E-state index is 12.8. The molecule has 1 aliphatic rings. The lowest BCUT2D eigenvalue weighted by Crippen LogP contribution is -2.26. The van der Waals surface area contributed by atoms with Crippen LogP contribution in [0.3, 0.4) is 0 Å². The molecule has 1 atom stereocenters. The van der Waals surface area contributed by atoms with Gasteiger partial charge in [0.1, 0.15) is 11.1 Å². The molecule has 1 amide bonds. The van der Waals surface area contributed by atoms with Gasteiger partial charge in [0.15, 0.2) is 11.0 Å². The molecule has 0 aliphatic heterocycles. The largest absolute Gasteiger partial charge is 0.316 e. The van der Waals surface area contributed by atoms with Crippen molar-refractivity contribution in [3.63, 3.8) is 0 Å². The van der Waals surface area contributed by atoms with Crippen molar-refractivity contribution in [2.75, 3.05) is 11.1 Å². The normalized spacial score (nSPS) is 15.8. The summed E-state index contributed by atoms with van der Waals surface area (Å²) >= 11 is 4.60. The van der Waals surface area contributed by atoms with E-state index in [4.69, 9.17) is 0 Å². The maximum Gasteiger partial charge on any atom is 0.235 e. The number of carbonyl (C=O) groups is 1. The molecule has 0 radical (unpaired) electrons. The lowest BCUT2D eigenvalue weighted by Gasteiger charge is -2.33. The number of thiophene rings is 2. The number of aromatic nitrogens is 3. The lowest BCUT2D eigenvalue weighted by atomic mass is 9.72. The molecule has 3 heterocycles. The first-order valence-corrected chi connectivity index (χ1v) is 13.9. The Kier molecular flexibility index (Phi) is 7.27. The molecule has 0 spiro atoms. The van der Waals surface area contributed by atoms with Gasteiger partial charge in [0.25, 0.3) is 0 Å². The lowest BCUT2D eigenvalue weighted by molar-refractivity contribution is -0.113. The van der Waals surface area contributed by atoms with Crippen molar-refractivity contribution in [1.29, 1.82) is 5.26 Å². The van der Waals surface area contributed by atoms with Gasteiger partial charge in [-0.1, -0.05) is 45.5 Å². The molecular formula is C24H29N5OS3. The summed E-state index contributed by atoms with van der Waals surface area (Å²) in [5, 5.41) is 25.0. The van der Waals surface area contributed by atoms with E-state index in [-0.39, 0.29) is 17.1 Å². The molecule has 33 heavy (non-hydrogen) atoms. The standard InChI is InChI=1S/C24H29N5OS3/c1-5-10-29-21(18-7-6-11-31-18)27-28-23(29)32-14-20(30)26-22-17(13-25)16-9-8-15(24(2,3)4)12-19(16)33-22/h6-7,11,15H,5,8-10,12,14H2,1-4H3,(H,26,30). The first-order valence-electron chi connectivity index (χ1n) is 11.3. The number of carbonyl (C=O) groups excluding carboxylic acids is 1. The van der Waals surface area contributed by atoms with Gasteiger partial charge in [0.05, 0.1) is 16.2 Å². The third-order valence-corrected chi connectivity index (χ3v) is 9.10. The topological polar surface area (TPSA) is 83.6 Å². The van der Waals surface area contributed by atoms with Crippen LogP contribution in [0.15, 0.2) is 22.7 Å². The number of nitrogens with zero attached hydrogens (tertiary/aromatic N) is 4. The number of hydrogen-bond acceptors (Lipinski definition) is 7. The van der Waals surface area contributed by atoms with Crippen molar-refractivity contribution in [3.8, 4) is 16.8 Å². The molecule has 4 rings (SSSR count). The number of nitrogens with one attached hydrogen (secondary N) is 1. The highest BCUT2D eigenvalue weighted by atomic mass is 32.2. The minimum atomic E-state index is -0.119. The van der Waals surface area contributed by atoms with Gasteiger partial charge < -0.3 is 9.88 Å². The van der Waals surface area contributed by atoms with E-state index in [1.807, 2.05) is 17.5 Å². The van der Waals surface area contributed by atoms with Gasteiger partial charge in [-0.05, 0) is 54.0 Å². The zero-order chi connectivity index (χ0) is 23.6. The minimum Gasteiger partial charge on any atom is -0.316 e. The van der Waals surface area contributed by atoms with Crippen LogP contribution < -0.4 is 5.32 Å². The van der Waals surface area contributed by atoms with Crippen LogP contribution in [0.5, 0.6) is 0 Å². The van der Waals surface area contributed by atoms with Crippen molar-refractivity contribution in [1.82, 2.24) is 14.8 Å². The van der Waals surface area contributed by atoms with Gasteiger partial charge in [-0.25, -0.2) is 0 Å². The molecule has 174 valence electrons. The van der Waals surface area contributed by atoms with Crippen LogP contribution in [0.2, 0.25) is 0 Å². The first-order chi connectivity index (χ1) is 15.8. The first kappa shape index (κ1) is 24.0. The third-order valence-electron chi connectivity index (χ3n) is 6.09. The zero-order valence-electron chi connectivity index (χ0n) is 19.5. The van der Waals surface area contributed by atoms with Crippen molar-refractivity contribution in [3.05, 3.63) is 33.5 Å². The Morgan fingerprint density at radius 1 is 1.39 bits per heavy atom. The van der Waals surface area contributed by atoms with Gasteiger partial charge in [-0.15, -0.1) is 32.9 Å². The Morgan fingerprint density at radius 3 is 2.88 bits per heavy atom. The van der Waals surface area contributed by atoms with Gasteiger partial charge in [-0.3, -0.25) is 4.79 Å². The smallest absolute Gasteiger partial charge is 0.235 e. The van der Waals surface area contributed by atoms with Crippen LogP contribution in [0.25, 0.3) is 10.7 Å². The SMILES string of the molecule is CCCn1c(SCC(=O)Nc2sc3c(c2C#N)CCC(C(C)(C)C)C3)nnc1-c1cccs1. The highest BCUT2D eigenvalue weighted by Crippen LogP contribution is 2.44. The van der Waals surface area contributed by atoms with Crippen LogP contribution in [-0.2, 0) is 24.2 Å². The number of nitriles is 1. The predicted octanol–water partition coefficient (Wildman–Crippen LogP) is 6.23. The second-order valence-corrected chi connectivity index (χ2v) is 12.4. The molecule has 0 bridgehead atoms. The quantitative estimate of drug-likeness (QED) is 0.390. The second kappa shape index (κ2) is 10.00. The van der Waals surface area contributed by atoms with E-state index in [0.717, 1.165) is 53.6 Å². The molecule has 6 nitrogen and oxygen atoms in total. The number of amides is 1. The number of thioether (sulfide) groups is 1. The Labute approximate surface area is 207 Å². The summed E-state index contributed by atoms with van der Waals surface area (Å²) in [4.78, 5) is 15.1. The van der Waals surface area contributed by atoms with Crippen LogP contribution in [0.1, 0.15) is 56.5 Å². The molecule has 1 N–H and O–H groups in total. The Balaban J connectivity index is 1.45. The fraction of sp³-hybridized carbons (Fsp3) is 0.500. The average Bonchev–Trinajstić information content (AvgIpc) is 3.49. The highest BCUT2D eigenvalue weighted by Gasteiger charge is 2.32. The van der Waals surface area contributed by atoms with E-state index in [2.05, 4.69) is 53.8 Å². The molecule has 3 aromatic heterocycles. The Hall–Kier alpha value is -2.15. The van der Waals surface area contributed by atoms with Crippen molar-refractivity contribution in [2.24, 2.45) is 11.3 Å². The summed E-state index contributed by atoms with van der Waals surface area (Å²) < 4.78 is 2.08. The maximum atomic E-state index is 12.8. The Morgan fingerprint density at radius 2 is 2.21 bits per heavy atom. The fourth-order valence-electron chi connectivity index (χ4n) is 4.23. The number of hydrogen-bond donors (Lipinski definition) is 1. The molecule has 0 aromatic carbocycles. The van der Waals surface area contributed by atoms with E-state index in [1.165, 1.54) is 16.6 Å². The fourth-order valence-corrected chi connectivity index (χ4v) is 7.01. The van der Waals surface area contributed by atoms with Gasteiger partial charge in [-0.2, -0.15) is 5.26 Å². The van der Waals surface area contributed by atoms with Crippen LogP contribution in [-0.4, -0.2) is 26.4 Å². The van der Waals surface area contributed by atoms with Crippen LogP contribution in [0, 0.1) is 22.7 Å². The molecule has 9 heteroatoms. The van der Waals surface area contributed by atoms with E-state index in [9.17, 15) is 10.1 Å². The molecule has 0 saturated heterocycles. The summed E-state index contributed by atoms with van der Waals surface area (Å²) in [6, 6.07) is 6.38. The summed E-state index contributed by atoms with van der Waals surface area (Å²) in [5.41, 5.74) is 2.02. The van der Waals surface area contributed by atoms with E-state index >= 15 is 0 Å². The summed E-state index contributed by atoms with van der Waals surface area (Å²) in [5.74, 6) is 1.55. The van der Waals surface area contributed by atoms with E-state index in [1.54, 1.807) is 22.7 Å². The molecule has 3 aromatic rings. The van der Waals surface area contributed by atoms with Crippen LogP contribution >= 0.6 is 34.4 Å². The average molecular weight is 500 g/mol. The molecule has 0 saturated carbocycles. The summed E-state index contributed by atoms with van der Waals surface area (Å²) in [6.45, 7) is 9.76. The highest BCUT2D eigenvalue weighted by molar-refractivity contribution is 7.99. The third kappa shape index (κ3) is 5.18. The number of rotatable bonds is 7. The van der Waals surface area contributed by atoms with E-state index in [0.29, 0.717) is 16.5 Å². The van der Waals surface area contributed by atoms with Gasteiger partial charge >= 0.3 is 0 Å². The van der Waals surface area contributed by atoms with Crippen molar-refractivity contribution >= 4 is 45.3 Å². The molecule has 0 fully saturated rings. The summed E-state index contributed by atoms with van der Waals surface area (Å²) in [6.07, 6.45) is 3.93. The van der Waals surface area contributed by atoms with Gasteiger partial charge in [0, 0.05) is 11.4 Å². The summed E-state index contributed by atoms with van der Waals surface area (Å²) in [7, 11) is 0. The molecule has 1 unspecified atom stereocenters. The predicted molar refractivity (Wildman–Crippen MR) is 137 cm³/mol. The monoisotopic (exact) mass is 499 g/mol. The zero-order valence-corrected chi connectivity index (χ0v) is 21.9. The second-order valence-electron chi connectivity index (χ2n) is 9.40. The van der Waals surface area contributed by atoms with Crippen molar-refractivity contribution < 1.29 is 4.79 Å².